The van der Waals surface area contributed by atoms with Gasteiger partial charge in [0.05, 0.1) is 6.54 Å². The molecule has 1 rings (SSSR count). The maximum Gasteiger partial charge on any atom is 0.113 e. The van der Waals surface area contributed by atoms with E-state index in [1.165, 1.54) is 0 Å². The Balaban J connectivity index is 2.70. The summed E-state index contributed by atoms with van der Waals surface area (Å²) in [6, 6.07) is 0. The average molecular weight is 125 g/mol. The molecule has 0 fully saturated rings. The van der Waals surface area contributed by atoms with Gasteiger partial charge in [-0.3, -0.25) is 4.99 Å². The number of aliphatic hydroxyl groups is 1. The molecule has 1 N–H and O–H groups in total. The Kier molecular flexibility index (Phi) is 1.56. The molecule has 0 amide bonds. The third kappa shape index (κ3) is 1.31. The molecule has 1 heterocycles. The van der Waals surface area contributed by atoms with Crippen LogP contribution in [0.3, 0.4) is 0 Å². The van der Waals surface area contributed by atoms with Crippen LogP contribution in [0.2, 0.25) is 0 Å². The molecule has 0 bridgehead atoms. The van der Waals surface area contributed by atoms with Crippen molar-refractivity contribution in [1.82, 2.24) is 0 Å². The molecular formula is C7H11NO. The summed E-state index contributed by atoms with van der Waals surface area (Å²) in [5.74, 6) is 0.445. The van der Waals surface area contributed by atoms with Gasteiger partial charge in [0.25, 0.3) is 0 Å². The van der Waals surface area contributed by atoms with E-state index in [2.05, 4.69) is 4.99 Å². The molecule has 9 heavy (non-hydrogen) atoms. The van der Waals surface area contributed by atoms with Crippen molar-refractivity contribution in [2.75, 3.05) is 6.54 Å². The van der Waals surface area contributed by atoms with Gasteiger partial charge in [-0.15, -0.1) is 0 Å². The van der Waals surface area contributed by atoms with E-state index in [4.69, 9.17) is 5.11 Å². The maximum atomic E-state index is 9.07. The number of nitrogens with zero attached hydrogens (tertiary/aromatic N) is 1. The first-order valence-electron chi connectivity index (χ1n) is 3.07. The molecule has 1 aliphatic rings. The van der Waals surface area contributed by atoms with Gasteiger partial charge in [0.1, 0.15) is 5.76 Å². The Morgan fingerprint density at radius 1 is 1.44 bits per heavy atom. The summed E-state index contributed by atoms with van der Waals surface area (Å²) in [6.07, 6.45) is 0.839. The second kappa shape index (κ2) is 2.21. The Hall–Kier alpha value is -0.790. The van der Waals surface area contributed by atoms with Crippen molar-refractivity contribution >= 4 is 5.71 Å². The lowest BCUT2D eigenvalue weighted by Crippen LogP contribution is -2.05. The van der Waals surface area contributed by atoms with Gasteiger partial charge in [-0.25, -0.2) is 0 Å². The highest BCUT2D eigenvalue weighted by atomic mass is 16.3. The fraction of sp³-hybridized carbons (Fsp3) is 0.571. The molecule has 0 aromatic carbocycles. The monoisotopic (exact) mass is 125 g/mol. The van der Waals surface area contributed by atoms with E-state index in [-0.39, 0.29) is 0 Å². The van der Waals surface area contributed by atoms with Crippen LogP contribution in [0.4, 0.5) is 0 Å². The van der Waals surface area contributed by atoms with Crippen LogP contribution in [0.5, 0.6) is 0 Å². The van der Waals surface area contributed by atoms with Crippen LogP contribution in [-0.2, 0) is 0 Å². The summed E-state index contributed by atoms with van der Waals surface area (Å²) >= 11 is 0. The molecule has 0 spiro atoms. The van der Waals surface area contributed by atoms with Crippen molar-refractivity contribution in [2.24, 2.45) is 4.99 Å². The predicted molar refractivity (Wildman–Crippen MR) is 37.9 cm³/mol. The van der Waals surface area contributed by atoms with Crippen LogP contribution in [0.25, 0.3) is 0 Å². The number of allylic oxidation sites excluding steroid dienone is 1. The lowest BCUT2D eigenvalue weighted by atomic mass is 10.1. The lowest BCUT2D eigenvalue weighted by Gasteiger charge is -2.09. The Bertz CT molecular complexity index is 179. The van der Waals surface area contributed by atoms with Crippen molar-refractivity contribution in [3.8, 4) is 0 Å². The van der Waals surface area contributed by atoms with Crippen LogP contribution in [0.15, 0.2) is 16.3 Å². The lowest BCUT2D eigenvalue weighted by molar-refractivity contribution is 0.393. The molecule has 0 radical (unpaired) electrons. The van der Waals surface area contributed by atoms with Crippen molar-refractivity contribution in [1.29, 1.82) is 0 Å². The van der Waals surface area contributed by atoms with E-state index in [1.807, 2.05) is 13.8 Å². The second-order valence-corrected chi connectivity index (χ2v) is 2.46. The molecule has 0 aromatic rings. The molecule has 0 unspecified atom stereocenters. The third-order valence-electron chi connectivity index (χ3n) is 1.51. The van der Waals surface area contributed by atoms with Gasteiger partial charge in [0.15, 0.2) is 0 Å². The van der Waals surface area contributed by atoms with Crippen molar-refractivity contribution in [3.63, 3.8) is 0 Å². The minimum atomic E-state index is 0.445. The van der Waals surface area contributed by atoms with E-state index in [0.29, 0.717) is 12.3 Å². The minimum Gasteiger partial charge on any atom is -0.510 e. The topological polar surface area (TPSA) is 32.6 Å². The van der Waals surface area contributed by atoms with E-state index in [1.54, 1.807) is 0 Å². The predicted octanol–water partition coefficient (Wildman–Crippen LogP) is 1.68. The Labute approximate surface area is 54.9 Å². The van der Waals surface area contributed by atoms with Crippen LogP contribution in [0.1, 0.15) is 20.3 Å². The van der Waals surface area contributed by atoms with Gasteiger partial charge in [0.2, 0.25) is 0 Å². The summed E-state index contributed by atoms with van der Waals surface area (Å²) in [4.78, 5) is 4.07. The van der Waals surface area contributed by atoms with Crippen LogP contribution in [0, 0.1) is 0 Å². The van der Waals surface area contributed by atoms with Crippen molar-refractivity contribution in [3.05, 3.63) is 11.3 Å². The summed E-state index contributed by atoms with van der Waals surface area (Å²) in [6.45, 7) is 4.40. The molecule has 2 nitrogen and oxygen atoms in total. The van der Waals surface area contributed by atoms with Crippen LogP contribution < -0.4 is 0 Å². The molecular weight excluding hydrogens is 114 g/mol. The number of dihydropyridines is 1. The van der Waals surface area contributed by atoms with Gasteiger partial charge >= 0.3 is 0 Å². The fourth-order valence-corrected chi connectivity index (χ4v) is 0.886. The Morgan fingerprint density at radius 2 is 2.11 bits per heavy atom. The zero-order chi connectivity index (χ0) is 6.85. The smallest absolute Gasteiger partial charge is 0.113 e. The highest BCUT2D eigenvalue weighted by Gasteiger charge is 2.06. The zero-order valence-electron chi connectivity index (χ0n) is 5.81. The number of aliphatic imine (C=N–C) groups is 1. The van der Waals surface area contributed by atoms with E-state index < -0.39 is 0 Å². The standard InChI is InChI=1S/C7H11NO/c1-5-3-6(2)8-4-7(5)9/h9H,3-4H2,1-2H3. The largest absolute Gasteiger partial charge is 0.510 e. The Morgan fingerprint density at radius 3 is 2.56 bits per heavy atom. The van der Waals surface area contributed by atoms with Crippen LogP contribution >= 0.6 is 0 Å². The fourth-order valence-electron chi connectivity index (χ4n) is 0.886. The molecule has 2 heteroatoms. The first-order chi connectivity index (χ1) is 4.20. The minimum absolute atomic E-state index is 0.445. The van der Waals surface area contributed by atoms with E-state index >= 15 is 0 Å². The molecule has 1 aliphatic heterocycles. The van der Waals surface area contributed by atoms with Gasteiger partial charge in [-0.05, 0) is 19.4 Å². The normalized spacial score (nSPS) is 20.0. The number of aliphatic hydroxyl groups excluding tert-OH is 1. The highest BCUT2D eigenvalue weighted by molar-refractivity contribution is 5.85. The van der Waals surface area contributed by atoms with Crippen molar-refractivity contribution in [2.45, 2.75) is 20.3 Å². The van der Waals surface area contributed by atoms with Gasteiger partial charge in [0, 0.05) is 12.1 Å². The molecule has 0 aromatic heterocycles. The molecule has 0 aliphatic carbocycles. The average Bonchev–Trinajstić information content (AvgIpc) is 1.80. The first-order valence-corrected chi connectivity index (χ1v) is 3.07. The molecule has 0 saturated carbocycles. The molecule has 50 valence electrons. The van der Waals surface area contributed by atoms with Gasteiger partial charge < -0.3 is 5.11 Å². The highest BCUT2D eigenvalue weighted by Crippen LogP contribution is 2.12. The number of hydrogen-bond donors (Lipinski definition) is 1. The summed E-state index contributed by atoms with van der Waals surface area (Å²) < 4.78 is 0. The first kappa shape index (κ1) is 6.33. The summed E-state index contributed by atoms with van der Waals surface area (Å²) in [7, 11) is 0. The van der Waals surface area contributed by atoms with E-state index in [9.17, 15) is 0 Å². The summed E-state index contributed by atoms with van der Waals surface area (Å²) in [5, 5.41) is 9.07. The molecule has 0 saturated heterocycles. The molecule has 0 atom stereocenters. The zero-order valence-corrected chi connectivity index (χ0v) is 5.81. The number of hydrogen-bond acceptors (Lipinski definition) is 2. The van der Waals surface area contributed by atoms with Gasteiger partial charge in [-0.2, -0.15) is 0 Å². The quantitative estimate of drug-likeness (QED) is 0.525. The summed E-state index contributed by atoms with van der Waals surface area (Å²) in [5.41, 5.74) is 2.17. The van der Waals surface area contributed by atoms with Crippen molar-refractivity contribution < 1.29 is 5.11 Å². The maximum absolute atomic E-state index is 9.07. The third-order valence-corrected chi connectivity index (χ3v) is 1.51. The second-order valence-electron chi connectivity index (χ2n) is 2.46. The SMILES string of the molecule is CC1=NCC(O)=C(C)C1. The van der Waals surface area contributed by atoms with Crippen LogP contribution in [-0.4, -0.2) is 17.4 Å². The van der Waals surface area contributed by atoms with E-state index in [0.717, 1.165) is 17.7 Å². The van der Waals surface area contributed by atoms with Gasteiger partial charge in [-0.1, -0.05) is 0 Å². The number of rotatable bonds is 0.